The Kier molecular flexibility index (Phi) is 9.42. The van der Waals surface area contributed by atoms with Crippen molar-refractivity contribution in [2.45, 2.75) is 0 Å². The van der Waals surface area contributed by atoms with Gasteiger partial charge in [0.1, 0.15) is 20.1 Å². The zero-order chi connectivity index (χ0) is 22.9. The molecule has 0 saturated heterocycles. The van der Waals surface area contributed by atoms with Gasteiger partial charge in [-0.25, -0.2) is 9.59 Å². The maximum atomic E-state index is 12.0. The number of rotatable bonds is 4. The monoisotopic (exact) mass is 608 g/mol. The molecule has 14 heteroatoms. The lowest BCUT2D eigenvalue weighted by Crippen LogP contribution is -2.09. The molecule has 0 aliphatic heterocycles. The van der Waals surface area contributed by atoms with Gasteiger partial charge in [-0.3, -0.25) is 0 Å². The Balaban J connectivity index is 2.21. The van der Waals surface area contributed by atoms with E-state index in [0.717, 1.165) is 0 Å². The van der Waals surface area contributed by atoms with E-state index in [1.807, 2.05) is 0 Å². The van der Waals surface area contributed by atoms with Crippen LogP contribution in [0.2, 0.25) is 50.2 Å². The summed E-state index contributed by atoms with van der Waals surface area (Å²) in [5.74, 6) is -2.87. The van der Waals surface area contributed by atoms with E-state index in [9.17, 15) is 9.59 Å². The Morgan fingerprint density at radius 2 is 0.633 bits per heavy atom. The number of halogens is 10. The first-order valence-electron chi connectivity index (χ1n) is 7.03. The summed E-state index contributed by atoms with van der Waals surface area (Å²) in [5, 5.41) is -2.01. The van der Waals surface area contributed by atoms with Crippen LogP contribution in [0, 0.1) is 0 Å². The first-order chi connectivity index (χ1) is 13.9. The lowest BCUT2D eigenvalue weighted by atomic mass is 10.3. The highest BCUT2D eigenvalue weighted by Gasteiger charge is 2.23. The standard InChI is InChI=1S/C16H2Cl10O4/c17-5-7(19)11(23)15(12(24)8(5)20)29-3(27)1-2-4(28)30-16-13(25)9(21)6(18)10(22)14(16)26/h1-2H. The average molecular weight is 613 g/mol. The van der Waals surface area contributed by atoms with Gasteiger partial charge in [-0.1, -0.05) is 116 Å². The largest absolute Gasteiger partial charge is 0.420 e. The topological polar surface area (TPSA) is 52.6 Å². The number of carbonyl (C=O) groups excluding carboxylic acids is 2. The van der Waals surface area contributed by atoms with E-state index in [4.69, 9.17) is 125 Å². The molecule has 0 amide bonds. The fourth-order valence-corrected chi connectivity index (χ4v) is 4.15. The third-order valence-corrected chi connectivity index (χ3v) is 7.58. The average Bonchev–Trinajstić information content (AvgIpc) is 2.72. The van der Waals surface area contributed by atoms with Crippen LogP contribution >= 0.6 is 116 Å². The SMILES string of the molecule is O=C(C=CC(=O)Oc1c(Cl)c(Cl)c(Cl)c(Cl)c1Cl)Oc1c(Cl)c(Cl)c(Cl)c(Cl)c1Cl. The van der Waals surface area contributed by atoms with Crippen LogP contribution in [-0.4, -0.2) is 11.9 Å². The van der Waals surface area contributed by atoms with Gasteiger partial charge in [0.05, 0.1) is 30.1 Å². The first kappa shape index (κ1) is 26.3. The van der Waals surface area contributed by atoms with Gasteiger partial charge in [0, 0.05) is 12.2 Å². The highest BCUT2D eigenvalue weighted by molar-refractivity contribution is 6.56. The number of esters is 2. The van der Waals surface area contributed by atoms with Crippen molar-refractivity contribution in [2.75, 3.05) is 0 Å². The number of hydrogen-bond acceptors (Lipinski definition) is 4. The molecule has 0 aliphatic rings. The third-order valence-electron chi connectivity index (χ3n) is 3.10. The molecule has 0 unspecified atom stereocenters. The molecular weight excluding hydrogens is 611 g/mol. The minimum Gasteiger partial charge on any atom is -0.420 e. The molecule has 2 rings (SSSR count). The molecule has 0 spiro atoms. The van der Waals surface area contributed by atoms with Crippen molar-refractivity contribution >= 4 is 128 Å². The van der Waals surface area contributed by atoms with Crippen molar-refractivity contribution in [1.82, 2.24) is 0 Å². The summed E-state index contributed by atoms with van der Waals surface area (Å²) in [4.78, 5) is 24.0. The second-order valence-electron chi connectivity index (χ2n) is 4.97. The maximum absolute atomic E-state index is 12.0. The summed E-state index contributed by atoms with van der Waals surface area (Å²) in [7, 11) is 0. The van der Waals surface area contributed by atoms with Crippen LogP contribution in [-0.2, 0) is 9.59 Å². The molecule has 0 bridgehead atoms. The predicted molar refractivity (Wildman–Crippen MR) is 123 cm³/mol. The smallest absolute Gasteiger partial charge is 0.336 e. The van der Waals surface area contributed by atoms with Crippen molar-refractivity contribution in [3.8, 4) is 11.5 Å². The molecule has 0 fully saturated rings. The van der Waals surface area contributed by atoms with Crippen molar-refractivity contribution in [1.29, 1.82) is 0 Å². The molecule has 160 valence electrons. The second kappa shape index (κ2) is 10.8. The van der Waals surface area contributed by atoms with Crippen LogP contribution in [0.15, 0.2) is 12.2 Å². The summed E-state index contributed by atoms with van der Waals surface area (Å²) in [5.41, 5.74) is 0. The van der Waals surface area contributed by atoms with E-state index >= 15 is 0 Å². The van der Waals surface area contributed by atoms with Gasteiger partial charge in [-0.2, -0.15) is 0 Å². The minimum absolute atomic E-state index is 0.124. The summed E-state index contributed by atoms with van der Waals surface area (Å²) >= 11 is 59.0. The van der Waals surface area contributed by atoms with E-state index in [0.29, 0.717) is 12.2 Å². The van der Waals surface area contributed by atoms with Gasteiger partial charge in [0.15, 0.2) is 11.5 Å². The van der Waals surface area contributed by atoms with Crippen molar-refractivity contribution in [2.24, 2.45) is 0 Å². The van der Waals surface area contributed by atoms with Gasteiger partial charge in [0.2, 0.25) is 0 Å². The first-order valence-corrected chi connectivity index (χ1v) is 10.8. The second-order valence-corrected chi connectivity index (χ2v) is 8.75. The Bertz CT molecular complexity index is 953. The number of benzene rings is 2. The molecule has 0 radical (unpaired) electrons. The lowest BCUT2D eigenvalue weighted by Gasteiger charge is -2.12. The molecule has 0 heterocycles. The normalized spacial score (nSPS) is 11.1. The van der Waals surface area contributed by atoms with Gasteiger partial charge in [0.25, 0.3) is 0 Å². The summed E-state index contributed by atoms with van der Waals surface area (Å²) in [6.07, 6.45) is 1.40. The predicted octanol–water partition coefficient (Wildman–Crippen LogP) is 9.29. The quantitative estimate of drug-likeness (QED) is 0.114. The zero-order valence-electron chi connectivity index (χ0n) is 13.6. The molecule has 2 aromatic rings. The van der Waals surface area contributed by atoms with Crippen LogP contribution in [0.3, 0.4) is 0 Å². The Morgan fingerprint density at radius 3 is 0.867 bits per heavy atom. The van der Waals surface area contributed by atoms with Gasteiger partial charge in [-0.15, -0.1) is 0 Å². The number of hydrogen-bond donors (Lipinski definition) is 0. The van der Waals surface area contributed by atoms with E-state index < -0.39 is 11.9 Å². The molecule has 4 nitrogen and oxygen atoms in total. The van der Waals surface area contributed by atoms with E-state index in [-0.39, 0.29) is 61.7 Å². The van der Waals surface area contributed by atoms with Gasteiger partial charge in [-0.05, 0) is 0 Å². The van der Waals surface area contributed by atoms with Crippen molar-refractivity contribution in [3.63, 3.8) is 0 Å². The Morgan fingerprint density at radius 1 is 0.433 bits per heavy atom. The van der Waals surface area contributed by atoms with E-state index in [1.165, 1.54) is 0 Å². The molecule has 30 heavy (non-hydrogen) atoms. The van der Waals surface area contributed by atoms with Crippen LogP contribution < -0.4 is 9.47 Å². The Labute approximate surface area is 219 Å². The highest BCUT2D eigenvalue weighted by Crippen LogP contribution is 2.49. The zero-order valence-corrected chi connectivity index (χ0v) is 21.1. The van der Waals surface area contributed by atoms with Gasteiger partial charge < -0.3 is 9.47 Å². The molecule has 0 N–H and O–H groups in total. The molecule has 0 aromatic heterocycles. The maximum Gasteiger partial charge on any atom is 0.336 e. The fourth-order valence-electron chi connectivity index (χ4n) is 1.75. The van der Waals surface area contributed by atoms with Crippen LogP contribution in [0.25, 0.3) is 0 Å². The van der Waals surface area contributed by atoms with Crippen LogP contribution in [0.5, 0.6) is 11.5 Å². The van der Waals surface area contributed by atoms with E-state index in [2.05, 4.69) is 0 Å². The number of carbonyl (C=O) groups is 2. The van der Waals surface area contributed by atoms with Crippen molar-refractivity contribution < 1.29 is 19.1 Å². The van der Waals surface area contributed by atoms with Crippen LogP contribution in [0.4, 0.5) is 0 Å². The minimum atomic E-state index is -1.07. The molecular formula is C16H2Cl10O4. The molecule has 0 aliphatic carbocycles. The lowest BCUT2D eigenvalue weighted by molar-refractivity contribution is -0.131. The van der Waals surface area contributed by atoms with Crippen molar-refractivity contribution in [3.05, 3.63) is 62.4 Å². The number of ether oxygens (including phenoxy) is 2. The molecule has 2 aromatic carbocycles. The Hall–Kier alpha value is 0.0200. The van der Waals surface area contributed by atoms with E-state index in [1.54, 1.807) is 0 Å². The summed E-state index contributed by atoms with van der Waals surface area (Å²) in [6.45, 7) is 0. The third kappa shape index (κ3) is 5.49. The molecule has 0 saturated carbocycles. The van der Waals surface area contributed by atoms with Crippen LogP contribution in [0.1, 0.15) is 0 Å². The summed E-state index contributed by atoms with van der Waals surface area (Å²) < 4.78 is 9.92. The molecule has 0 atom stereocenters. The van der Waals surface area contributed by atoms with Gasteiger partial charge >= 0.3 is 11.9 Å². The fraction of sp³-hybridized carbons (Fsp3) is 0. The summed E-state index contributed by atoms with van der Waals surface area (Å²) in [6, 6.07) is 0. The highest BCUT2D eigenvalue weighted by atomic mass is 35.5.